The molecule has 0 atom stereocenters. The number of aryl methyl sites for hydroxylation is 2. The summed E-state index contributed by atoms with van der Waals surface area (Å²) in [5, 5.41) is 6.80. The highest BCUT2D eigenvalue weighted by atomic mass is 79.9. The first-order valence-corrected chi connectivity index (χ1v) is 9.07. The van der Waals surface area contributed by atoms with Crippen LogP contribution in [0.1, 0.15) is 17.5 Å². The molecule has 0 N–H and O–H groups in total. The Morgan fingerprint density at radius 2 is 2.05 bits per heavy atom. The van der Waals surface area contributed by atoms with Gasteiger partial charge in [0.2, 0.25) is 0 Å². The van der Waals surface area contributed by atoms with Gasteiger partial charge >= 0.3 is 0 Å². The van der Waals surface area contributed by atoms with Gasteiger partial charge in [0.25, 0.3) is 0 Å². The van der Waals surface area contributed by atoms with Crippen molar-refractivity contribution in [3.8, 4) is 0 Å². The molecule has 0 amide bonds. The molecule has 1 aromatic heterocycles. The fraction of sp³-hybridized carbons (Fsp3) is 0.400. The standard InChI is InChI=1S/C15H17Br2ClN2/c1-20-9-12(8-19-20)5-6-15(10-16,11-17)13-3-2-4-14(18)7-13/h2-4,7-9H,5-6,10-11H2,1H3. The van der Waals surface area contributed by atoms with Gasteiger partial charge < -0.3 is 0 Å². The van der Waals surface area contributed by atoms with E-state index in [4.69, 9.17) is 11.6 Å². The van der Waals surface area contributed by atoms with Crippen molar-refractivity contribution in [2.24, 2.45) is 7.05 Å². The number of rotatable bonds is 6. The third-order valence-electron chi connectivity index (χ3n) is 3.60. The predicted molar refractivity (Wildman–Crippen MR) is 92.2 cm³/mol. The highest BCUT2D eigenvalue weighted by molar-refractivity contribution is 9.09. The van der Waals surface area contributed by atoms with E-state index in [0.717, 1.165) is 28.5 Å². The first kappa shape index (κ1) is 16.1. The number of benzene rings is 1. The number of alkyl halides is 2. The minimum absolute atomic E-state index is 0.0424. The van der Waals surface area contributed by atoms with Gasteiger partial charge in [0, 0.05) is 34.3 Å². The Labute approximate surface area is 141 Å². The van der Waals surface area contributed by atoms with Crippen molar-refractivity contribution in [2.75, 3.05) is 10.7 Å². The second kappa shape index (κ2) is 7.10. The minimum Gasteiger partial charge on any atom is -0.276 e. The monoisotopic (exact) mass is 418 g/mol. The molecule has 0 unspecified atom stereocenters. The molecule has 1 aromatic carbocycles. The van der Waals surface area contributed by atoms with Gasteiger partial charge in [-0.3, -0.25) is 4.68 Å². The maximum absolute atomic E-state index is 6.14. The van der Waals surface area contributed by atoms with Crippen molar-refractivity contribution in [1.82, 2.24) is 9.78 Å². The van der Waals surface area contributed by atoms with Crippen molar-refractivity contribution in [3.63, 3.8) is 0 Å². The van der Waals surface area contributed by atoms with Gasteiger partial charge in [-0.25, -0.2) is 0 Å². The lowest BCUT2D eigenvalue weighted by Crippen LogP contribution is -2.31. The largest absolute Gasteiger partial charge is 0.276 e. The smallest absolute Gasteiger partial charge is 0.0521 e. The second-order valence-electron chi connectivity index (χ2n) is 5.08. The summed E-state index contributed by atoms with van der Waals surface area (Å²) >= 11 is 13.5. The van der Waals surface area contributed by atoms with Crippen LogP contribution in [0, 0.1) is 0 Å². The Kier molecular flexibility index (Phi) is 5.70. The molecule has 0 saturated heterocycles. The van der Waals surface area contributed by atoms with Gasteiger partial charge in [0.05, 0.1) is 6.20 Å². The maximum atomic E-state index is 6.14. The number of hydrogen-bond acceptors (Lipinski definition) is 1. The van der Waals surface area contributed by atoms with Crippen LogP contribution < -0.4 is 0 Å². The van der Waals surface area contributed by atoms with Crippen LogP contribution in [0.2, 0.25) is 5.02 Å². The lowest BCUT2D eigenvalue weighted by Gasteiger charge is -2.31. The van der Waals surface area contributed by atoms with Gasteiger partial charge in [0.15, 0.2) is 0 Å². The molecule has 0 aliphatic rings. The molecule has 0 bridgehead atoms. The van der Waals surface area contributed by atoms with E-state index in [1.807, 2.05) is 30.1 Å². The molecule has 0 saturated carbocycles. The summed E-state index contributed by atoms with van der Waals surface area (Å²) in [5.74, 6) is 0. The molecule has 5 heteroatoms. The summed E-state index contributed by atoms with van der Waals surface area (Å²) in [6.07, 6.45) is 6.05. The molecule has 0 radical (unpaired) electrons. The first-order chi connectivity index (χ1) is 9.59. The summed E-state index contributed by atoms with van der Waals surface area (Å²) in [5.41, 5.74) is 2.57. The SMILES string of the molecule is Cn1cc(CCC(CBr)(CBr)c2cccc(Cl)c2)cn1. The van der Waals surface area contributed by atoms with E-state index >= 15 is 0 Å². The third-order valence-corrected chi connectivity index (χ3v) is 5.98. The topological polar surface area (TPSA) is 17.8 Å². The van der Waals surface area contributed by atoms with Gasteiger partial charge in [-0.05, 0) is 36.1 Å². The van der Waals surface area contributed by atoms with E-state index < -0.39 is 0 Å². The van der Waals surface area contributed by atoms with Gasteiger partial charge in [-0.15, -0.1) is 0 Å². The van der Waals surface area contributed by atoms with Crippen LogP contribution in [0.3, 0.4) is 0 Å². The molecule has 2 nitrogen and oxygen atoms in total. The van der Waals surface area contributed by atoms with Gasteiger partial charge in [-0.2, -0.15) is 5.10 Å². The van der Waals surface area contributed by atoms with Crippen LogP contribution in [0.5, 0.6) is 0 Å². The zero-order chi connectivity index (χ0) is 14.6. The predicted octanol–water partition coefficient (Wildman–Crippen LogP) is 4.73. The van der Waals surface area contributed by atoms with Gasteiger partial charge in [-0.1, -0.05) is 55.6 Å². The van der Waals surface area contributed by atoms with Crippen molar-refractivity contribution in [3.05, 3.63) is 52.8 Å². The van der Waals surface area contributed by atoms with E-state index in [9.17, 15) is 0 Å². The summed E-state index contributed by atoms with van der Waals surface area (Å²) in [6, 6.07) is 8.15. The Morgan fingerprint density at radius 3 is 2.60 bits per heavy atom. The molecule has 0 spiro atoms. The van der Waals surface area contributed by atoms with E-state index in [-0.39, 0.29) is 5.41 Å². The normalized spacial score (nSPS) is 11.8. The highest BCUT2D eigenvalue weighted by Crippen LogP contribution is 2.34. The van der Waals surface area contributed by atoms with Crippen LogP contribution in [-0.4, -0.2) is 20.4 Å². The van der Waals surface area contributed by atoms with Crippen LogP contribution in [-0.2, 0) is 18.9 Å². The van der Waals surface area contributed by atoms with Crippen LogP contribution in [0.15, 0.2) is 36.7 Å². The number of nitrogens with zero attached hydrogens (tertiary/aromatic N) is 2. The summed E-state index contributed by atoms with van der Waals surface area (Å²) in [4.78, 5) is 0. The maximum Gasteiger partial charge on any atom is 0.0521 e. The Balaban J connectivity index is 2.20. The van der Waals surface area contributed by atoms with Crippen LogP contribution >= 0.6 is 43.5 Å². The van der Waals surface area contributed by atoms with Crippen LogP contribution in [0.4, 0.5) is 0 Å². The van der Waals surface area contributed by atoms with E-state index in [2.05, 4.69) is 55.3 Å². The quantitative estimate of drug-likeness (QED) is 0.618. The Hall–Kier alpha value is -0.320. The fourth-order valence-corrected chi connectivity index (χ4v) is 4.60. The van der Waals surface area contributed by atoms with Crippen LogP contribution in [0.25, 0.3) is 0 Å². The molecule has 0 fully saturated rings. The molecule has 108 valence electrons. The molecule has 0 aliphatic carbocycles. The summed E-state index contributed by atoms with van der Waals surface area (Å²) < 4.78 is 1.85. The average molecular weight is 421 g/mol. The third kappa shape index (κ3) is 3.66. The molecule has 2 rings (SSSR count). The molecule has 0 aliphatic heterocycles. The van der Waals surface area contributed by atoms with Crippen molar-refractivity contribution in [1.29, 1.82) is 0 Å². The zero-order valence-corrected chi connectivity index (χ0v) is 15.2. The van der Waals surface area contributed by atoms with E-state index in [0.29, 0.717) is 0 Å². The molecular weight excluding hydrogens is 403 g/mol. The van der Waals surface area contributed by atoms with E-state index in [1.54, 1.807) is 0 Å². The number of halogens is 3. The molecular formula is C15H17Br2ClN2. The Bertz CT molecular complexity index is 565. The lowest BCUT2D eigenvalue weighted by atomic mass is 9.80. The number of aromatic nitrogens is 2. The van der Waals surface area contributed by atoms with Crippen molar-refractivity contribution < 1.29 is 0 Å². The molecule has 1 heterocycles. The number of hydrogen-bond donors (Lipinski definition) is 0. The lowest BCUT2D eigenvalue weighted by molar-refractivity contribution is 0.505. The molecule has 2 aromatic rings. The summed E-state index contributed by atoms with van der Waals surface area (Å²) in [6.45, 7) is 0. The van der Waals surface area contributed by atoms with Crippen molar-refractivity contribution >= 4 is 43.5 Å². The highest BCUT2D eigenvalue weighted by Gasteiger charge is 2.30. The first-order valence-electron chi connectivity index (χ1n) is 6.45. The Morgan fingerprint density at radius 1 is 1.30 bits per heavy atom. The van der Waals surface area contributed by atoms with E-state index in [1.165, 1.54) is 11.1 Å². The minimum atomic E-state index is 0.0424. The fourth-order valence-electron chi connectivity index (χ4n) is 2.27. The average Bonchev–Trinajstić information content (AvgIpc) is 2.86. The van der Waals surface area contributed by atoms with Gasteiger partial charge in [0.1, 0.15) is 0 Å². The zero-order valence-electron chi connectivity index (χ0n) is 11.3. The van der Waals surface area contributed by atoms with Crippen molar-refractivity contribution in [2.45, 2.75) is 18.3 Å². The summed E-state index contributed by atoms with van der Waals surface area (Å²) in [7, 11) is 1.95. The second-order valence-corrected chi connectivity index (χ2v) is 6.64. The molecule has 20 heavy (non-hydrogen) atoms.